The predicted molar refractivity (Wildman–Crippen MR) is 310 cm³/mol. The van der Waals surface area contributed by atoms with Crippen LogP contribution in [0, 0.1) is 0 Å². The lowest BCUT2D eigenvalue weighted by Gasteiger charge is -2.20. The number of amides is 1. The average Bonchev–Trinajstić information content (AvgIpc) is 3.37. The van der Waals surface area contributed by atoms with Crippen molar-refractivity contribution in [1.29, 1.82) is 0 Å². The van der Waals surface area contributed by atoms with Crippen molar-refractivity contribution in [2.75, 3.05) is 13.2 Å². The van der Waals surface area contributed by atoms with Crippen molar-refractivity contribution in [3.05, 3.63) is 24.3 Å². The van der Waals surface area contributed by atoms with E-state index in [1.807, 2.05) is 6.08 Å². The van der Waals surface area contributed by atoms with E-state index in [0.29, 0.717) is 19.4 Å². The third kappa shape index (κ3) is 57.5. The highest BCUT2D eigenvalue weighted by Gasteiger charge is 2.18. The molecule has 0 aromatic carbocycles. The van der Waals surface area contributed by atoms with Gasteiger partial charge in [-0.05, 0) is 57.8 Å². The zero-order valence-corrected chi connectivity index (χ0v) is 48.0. The molecule has 0 saturated carbocycles. The van der Waals surface area contributed by atoms with E-state index in [0.717, 1.165) is 38.5 Å². The number of esters is 1. The molecule has 0 rings (SSSR count). The van der Waals surface area contributed by atoms with Gasteiger partial charge in [0.2, 0.25) is 5.91 Å². The molecule has 0 aromatic rings. The van der Waals surface area contributed by atoms with Crippen LogP contribution in [0.25, 0.3) is 0 Å². The first-order valence-electron chi connectivity index (χ1n) is 32.1. The maximum Gasteiger partial charge on any atom is 0.305 e. The summed E-state index contributed by atoms with van der Waals surface area (Å²) in [5.41, 5.74) is 0. The molecule has 420 valence electrons. The maximum absolute atomic E-state index is 12.4. The molecule has 0 saturated heterocycles. The standard InChI is InChI=1S/C65H125NO5/c1-3-5-7-9-11-13-14-15-16-17-26-30-33-36-39-43-47-51-55-59-65(70)71-60-56-52-48-44-40-37-34-31-28-25-23-21-19-18-20-22-24-27-29-32-35-38-42-46-50-54-58-64(69)66-62(61-67)63(68)57-53-49-45-41-12-10-8-6-4-2/h15-16,53,57,62-63,67-68H,3-14,17-52,54-56,58-61H2,1-2H3,(H,66,69)/b16-15-,57-53+. The van der Waals surface area contributed by atoms with Crippen molar-refractivity contribution in [1.82, 2.24) is 5.32 Å². The van der Waals surface area contributed by atoms with E-state index in [2.05, 4.69) is 31.3 Å². The summed E-state index contributed by atoms with van der Waals surface area (Å²) in [7, 11) is 0. The number of unbranched alkanes of at least 4 members (excludes halogenated alkanes) is 47. The molecule has 0 fully saturated rings. The number of hydrogen-bond acceptors (Lipinski definition) is 5. The molecule has 0 aliphatic heterocycles. The minimum atomic E-state index is -0.840. The lowest BCUT2D eigenvalue weighted by Crippen LogP contribution is -2.45. The largest absolute Gasteiger partial charge is 0.466 e. The Labute approximate surface area is 443 Å². The van der Waals surface area contributed by atoms with E-state index < -0.39 is 12.1 Å². The molecule has 0 aliphatic carbocycles. The molecule has 3 N–H and O–H groups in total. The summed E-state index contributed by atoms with van der Waals surface area (Å²) in [6, 6.07) is -0.623. The van der Waals surface area contributed by atoms with Gasteiger partial charge in [-0.25, -0.2) is 0 Å². The second-order valence-electron chi connectivity index (χ2n) is 22.1. The Balaban J connectivity index is 3.32. The van der Waals surface area contributed by atoms with Crippen molar-refractivity contribution >= 4 is 11.9 Å². The van der Waals surface area contributed by atoms with Crippen molar-refractivity contribution in [3.63, 3.8) is 0 Å². The Morgan fingerprint density at radius 1 is 0.380 bits per heavy atom. The number of allylic oxidation sites excluding steroid dienone is 3. The number of aliphatic hydroxyl groups is 2. The molecule has 0 aromatic heterocycles. The smallest absolute Gasteiger partial charge is 0.305 e. The molecule has 6 nitrogen and oxygen atoms in total. The molecule has 0 radical (unpaired) electrons. The van der Waals surface area contributed by atoms with Gasteiger partial charge in [0.25, 0.3) is 0 Å². The summed E-state index contributed by atoms with van der Waals surface area (Å²) in [6.45, 7) is 4.89. The van der Waals surface area contributed by atoms with Gasteiger partial charge in [-0.15, -0.1) is 0 Å². The summed E-state index contributed by atoms with van der Waals surface area (Å²) >= 11 is 0. The molecule has 0 bridgehead atoms. The Morgan fingerprint density at radius 3 is 1.00 bits per heavy atom. The predicted octanol–water partition coefficient (Wildman–Crippen LogP) is 20.2. The Bertz CT molecular complexity index is 1110. The quantitative estimate of drug-likeness (QED) is 0.0320. The lowest BCUT2D eigenvalue weighted by molar-refractivity contribution is -0.143. The number of ether oxygens (including phenoxy) is 1. The van der Waals surface area contributed by atoms with Crippen LogP contribution in [0.1, 0.15) is 354 Å². The summed E-state index contributed by atoms with van der Waals surface area (Å²) < 4.78 is 5.51. The fourth-order valence-electron chi connectivity index (χ4n) is 10.0. The van der Waals surface area contributed by atoms with E-state index in [4.69, 9.17) is 4.74 Å². The van der Waals surface area contributed by atoms with Crippen LogP contribution in [0.5, 0.6) is 0 Å². The van der Waals surface area contributed by atoms with Crippen molar-refractivity contribution in [2.24, 2.45) is 0 Å². The number of carbonyl (C=O) groups excluding carboxylic acids is 2. The summed E-state index contributed by atoms with van der Waals surface area (Å²) in [4.78, 5) is 24.5. The van der Waals surface area contributed by atoms with Crippen LogP contribution in [-0.2, 0) is 14.3 Å². The fraction of sp³-hybridized carbons (Fsp3) is 0.908. The number of rotatable bonds is 60. The minimum Gasteiger partial charge on any atom is -0.466 e. The highest BCUT2D eigenvalue weighted by Crippen LogP contribution is 2.18. The first kappa shape index (κ1) is 69.3. The van der Waals surface area contributed by atoms with Gasteiger partial charge in [-0.1, -0.05) is 308 Å². The third-order valence-electron chi connectivity index (χ3n) is 15.0. The number of carbonyl (C=O) groups is 2. The molecule has 0 spiro atoms. The first-order chi connectivity index (χ1) is 35.0. The van der Waals surface area contributed by atoms with E-state index in [1.54, 1.807) is 6.08 Å². The summed E-state index contributed by atoms with van der Waals surface area (Å²) in [5.74, 6) is -0.0507. The summed E-state index contributed by atoms with van der Waals surface area (Å²) in [6.07, 6.45) is 75.3. The molecule has 2 unspecified atom stereocenters. The van der Waals surface area contributed by atoms with Crippen LogP contribution in [0.4, 0.5) is 0 Å². The van der Waals surface area contributed by atoms with Crippen LogP contribution in [-0.4, -0.2) is 47.4 Å². The zero-order valence-electron chi connectivity index (χ0n) is 48.0. The fourth-order valence-corrected chi connectivity index (χ4v) is 10.0. The molecule has 71 heavy (non-hydrogen) atoms. The monoisotopic (exact) mass is 1000 g/mol. The van der Waals surface area contributed by atoms with E-state index in [-0.39, 0.29) is 18.5 Å². The van der Waals surface area contributed by atoms with E-state index in [1.165, 1.54) is 289 Å². The first-order valence-corrected chi connectivity index (χ1v) is 32.1. The van der Waals surface area contributed by atoms with Gasteiger partial charge in [-0.2, -0.15) is 0 Å². The highest BCUT2D eigenvalue weighted by atomic mass is 16.5. The van der Waals surface area contributed by atoms with Crippen LogP contribution < -0.4 is 5.32 Å². The molecular weight excluding hydrogens is 875 g/mol. The second-order valence-corrected chi connectivity index (χ2v) is 22.1. The normalized spacial score (nSPS) is 12.7. The van der Waals surface area contributed by atoms with Gasteiger partial charge in [0.1, 0.15) is 0 Å². The molecule has 0 heterocycles. The van der Waals surface area contributed by atoms with Gasteiger partial charge in [-0.3, -0.25) is 9.59 Å². The van der Waals surface area contributed by atoms with Crippen molar-refractivity contribution < 1.29 is 24.5 Å². The van der Waals surface area contributed by atoms with E-state index >= 15 is 0 Å². The van der Waals surface area contributed by atoms with Crippen LogP contribution in [0.2, 0.25) is 0 Å². The van der Waals surface area contributed by atoms with Gasteiger partial charge < -0.3 is 20.3 Å². The SMILES string of the molecule is CCCCCCCC/C=C\CCCCCCCCCCCC(=O)OCCCCCCCCCCCCCCCCCCCCCCCCCCCCC(=O)NC(CO)C(O)/C=C/CCCCCCCCC. The van der Waals surface area contributed by atoms with Crippen LogP contribution in [0.3, 0.4) is 0 Å². The molecule has 2 atom stereocenters. The Morgan fingerprint density at radius 2 is 0.662 bits per heavy atom. The molecular formula is C65H125NO5. The van der Waals surface area contributed by atoms with Gasteiger partial charge >= 0.3 is 5.97 Å². The van der Waals surface area contributed by atoms with Gasteiger partial charge in [0, 0.05) is 12.8 Å². The number of hydrogen-bond donors (Lipinski definition) is 3. The van der Waals surface area contributed by atoms with Gasteiger partial charge in [0.05, 0.1) is 25.4 Å². The van der Waals surface area contributed by atoms with E-state index in [9.17, 15) is 19.8 Å². The third-order valence-corrected chi connectivity index (χ3v) is 15.0. The highest BCUT2D eigenvalue weighted by molar-refractivity contribution is 5.76. The van der Waals surface area contributed by atoms with Crippen LogP contribution in [0.15, 0.2) is 24.3 Å². The zero-order chi connectivity index (χ0) is 51.4. The Hall–Kier alpha value is -1.66. The van der Waals surface area contributed by atoms with Crippen molar-refractivity contribution in [2.45, 2.75) is 366 Å². The maximum atomic E-state index is 12.4. The Kier molecular flexibility index (Phi) is 59.5. The molecule has 0 aliphatic rings. The number of aliphatic hydroxyl groups excluding tert-OH is 2. The molecule has 6 heteroatoms. The van der Waals surface area contributed by atoms with Crippen molar-refractivity contribution in [3.8, 4) is 0 Å². The molecule has 1 amide bonds. The topological polar surface area (TPSA) is 95.9 Å². The number of nitrogens with one attached hydrogen (secondary N) is 1. The van der Waals surface area contributed by atoms with Crippen LogP contribution >= 0.6 is 0 Å². The average molecular weight is 1000 g/mol. The summed E-state index contributed by atoms with van der Waals surface area (Å²) in [5, 5.41) is 23.0. The second kappa shape index (κ2) is 60.9. The lowest BCUT2D eigenvalue weighted by atomic mass is 10.0. The van der Waals surface area contributed by atoms with Gasteiger partial charge in [0.15, 0.2) is 0 Å². The minimum absolute atomic E-state index is 0.0167.